The monoisotopic (exact) mass is 353 g/mol. The van der Waals surface area contributed by atoms with Gasteiger partial charge in [0.2, 0.25) is 0 Å². The summed E-state index contributed by atoms with van der Waals surface area (Å²) in [7, 11) is 0. The molecule has 2 aromatic carbocycles. The molecule has 1 aromatic heterocycles. The average Bonchev–Trinajstić information content (AvgIpc) is 2.61. The minimum atomic E-state index is -0.130. The Balaban J connectivity index is 1.69. The molecule has 0 saturated carbocycles. The maximum Gasteiger partial charge on any atom is 0.0892 e. The van der Waals surface area contributed by atoms with E-state index in [1.54, 1.807) is 12.4 Å². The Morgan fingerprint density at radius 1 is 1.04 bits per heavy atom. The van der Waals surface area contributed by atoms with Gasteiger partial charge in [-0.2, -0.15) is 0 Å². The normalized spacial score (nSPS) is 19.9. The molecule has 1 atom stereocenters. The Kier molecular flexibility index (Phi) is 4.20. The summed E-state index contributed by atoms with van der Waals surface area (Å²) in [5.74, 6) is 0. The smallest absolute Gasteiger partial charge is 0.0892 e. The molecule has 0 radical (unpaired) electrons. The lowest BCUT2D eigenvalue weighted by Crippen LogP contribution is -2.47. The van der Waals surface area contributed by atoms with Crippen LogP contribution in [0.2, 0.25) is 5.02 Å². The maximum atomic E-state index is 6.40. The van der Waals surface area contributed by atoms with E-state index < -0.39 is 0 Å². The molecule has 1 aliphatic heterocycles. The van der Waals surface area contributed by atoms with Crippen molar-refractivity contribution in [1.82, 2.24) is 15.3 Å². The fourth-order valence-electron chi connectivity index (χ4n) is 3.12. The highest BCUT2D eigenvalue weighted by Crippen LogP contribution is 2.31. The summed E-state index contributed by atoms with van der Waals surface area (Å²) in [6.45, 7) is 5.63. The molecule has 1 N–H and O–H groups in total. The van der Waals surface area contributed by atoms with Crippen molar-refractivity contribution in [2.24, 2.45) is 0 Å². The van der Waals surface area contributed by atoms with Gasteiger partial charge in [0.05, 0.1) is 29.3 Å². The summed E-state index contributed by atoms with van der Waals surface area (Å²) in [4.78, 5) is 8.71. The Bertz CT molecular complexity index is 916. The molecule has 4 rings (SSSR count). The molecule has 2 heterocycles. The number of nitrogens with one attached hydrogen (secondary N) is 1. The van der Waals surface area contributed by atoms with E-state index in [0.717, 1.165) is 39.3 Å². The third-order valence-corrected chi connectivity index (χ3v) is 4.76. The van der Waals surface area contributed by atoms with Crippen molar-refractivity contribution in [2.45, 2.75) is 25.5 Å². The number of hydrogen-bond donors (Lipinski definition) is 1. The van der Waals surface area contributed by atoms with Crippen LogP contribution in [0.15, 0.2) is 48.8 Å². The second-order valence-corrected chi connectivity index (χ2v) is 7.47. The van der Waals surface area contributed by atoms with Crippen LogP contribution in [0.5, 0.6) is 0 Å². The van der Waals surface area contributed by atoms with Crippen molar-refractivity contribution in [1.29, 1.82) is 0 Å². The minimum Gasteiger partial charge on any atom is -0.372 e. The topological polar surface area (TPSA) is 47.0 Å². The number of benzene rings is 2. The van der Waals surface area contributed by atoms with Crippen molar-refractivity contribution >= 4 is 22.6 Å². The Morgan fingerprint density at radius 2 is 1.84 bits per heavy atom. The number of morpholine rings is 1. The number of nitrogens with zero attached hydrogens (tertiary/aromatic N) is 2. The molecule has 1 aliphatic rings. The van der Waals surface area contributed by atoms with Crippen molar-refractivity contribution in [3.63, 3.8) is 0 Å². The molecule has 128 valence electrons. The molecule has 1 saturated heterocycles. The van der Waals surface area contributed by atoms with Crippen molar-refractivity contribution < 1.29 is 4.74 Å². The third kappa shape index (κ3) is 3.52. The van der Waals surface area contributed by atoms with E-state index in [2.05, 4.69) is 41.3 Å². The van der Waals surface area contributed by atoms with Crippen LogP contribution in [-0.2, 0) is 4.74 Å². The lowest BCUT2D eigenvalue weighted by atomic mass is 9.97. The van der Waals surface area contributed by atoms with Crippen molar-refractivity contribution in [3.05, 3.63) is 59.4 Å². The van der Waals surface area contributed by atoms with E-state index in [9.17, 15) is 0 Å². The highest BCUT2D eigenvalue weighted by atomic mass is 35.5. The predicted molar refractivity (Wildman–Crippen MR) is 101 cm³/mol. The van der Waals surface area contributed by atoms with Crippen LogP contribution in [0.4, 0.5) is 0 Å². The Labute approximate surface area is 152 Å². The van der Waals surface area contributed by atoms with E-state index in [1.165, 1.54) is 0 Å². The molecule has 3 aromatic rings. The van der Waals surface area contributed by atoms with E-state index >= 15 is 0 Å². The van der Waals surface area contributed by atoms with Crippen LogP contribution in [0.25, 0.3) is 22.2 Å². The molecule has 4 nitrogen and oxygen atoms in total. The molecule has 0 aliphatic carbocycles. The zero-order valence-corrected chi connectivity index (χ0v) is 15.0. The van der Waals surface area contributed by atoms with Crippen molar-refractivity contribution in [3.8, 4) is 11.1 Å². The van der Waals surface area contributed by atoms with E-state index in [1.807, 2.05) is 24.3 Å². The zero-order chi connectivity index (χ0) is 17.4. The van der Waals surface area contributed by atoms with Gasteiger partial charge in [0.25, 0.3) is 0 Å². The van der Waals surface area contributed by atoms with Crippen LogP contribution in [0, 0.1) is 0 Å². The summed E-state index contributed by atoms with van der Waals surface area (Å²) in [5, 5.41) is 4.28. The first-order chi connectivity index (χ1) is 12.0. The molecule has 5 heteroatoms. The molecule has 0 bridgehead atoms. The summed E-state index contributed by atoms with van der Waals surface area (Å²) >= 11 is 6.40. The second-order valence-electron chi connectivity index (χ2n) is 7.04. The molecule has 1 unspecified atom stereocenters. The van der Waals surface area contributed by atoms with Gasteiger partial charge < -0.3 is 10.1 Å². The summed E-state index contributed by atoms with van der Waals surface area (Å²) < 4.78 is 5.95. The SMILES string of the molecule is CC1(C)CNC(c2cc(Cl)cc(-c3ccc4nccnc4c3)c2)CO1. The van der Waals surface area contributed by atoms with Crippen LogP contribution < -0.4 is 5.32 Å². The summed E-state index contributed by atoms with van der Waals surface area (Å²) in [6.07, 6.45) is 3.41. The van der Waals surface area contributed by atoms with E-state index in [4.69, 9.17) is 16.3 Å². The first-order valence-corrected chi connectivity index (χ1v) is 8.77. The van der Waals surface area contributed by atoms with E-state index in [-0.39, 0.29) is 11.6 Å². The lowest BCUT2D eigenvalue weighted by molar-refractivity contribution is -0.0586. The Hall–Kier alpha value is -2.01. The summed E-state index contributed by atoms with van der Waals surface area (Å²) in [5.41, 5.74) is 4.92. The molecule has 1 fully saturated rings. The van der Waals surface area contributed by atoms with Crippen LogP contribution in [-0.4, -0.2) is 28.7 Å². The number of rotatable bonds is 2. The zero-order valence-electron chi connectivity index (χ0n) is 14.3. The molecular formula is C20H20ClN3O. The highest BCUT2D eigenvalue weighted by Gasteiger charge is 2.28. The van der Waals surface area contributed by atoms with Gasteiger partial charge in [0.1, 0.15) is 0 Å². The van der Waals surface area contributed by atoms with Gasteiger partial charge in [-0.3, -0.25) is 9.97 Å². The quantitative estimate of drug-likeness (QED) is 0.742. The fraction of sp³-hybridized carbons (Fsp3) is 0.300. The van der Waals surface area contributed by atoms with Gasteiger partial charge >= 0.3 is 0 Å². The maximum absolute atomic E-state index is 6.40. The van der Waals surface area contributed by atoms with Crippen molar-refractivity contribution in [2.75, 3.05) is 13.2 Å². The third-order valence-electron chi connectivity index (χ3n) is 4.54. The van der Waals surface area contributed by atoms with Gasteiger partial charge in [-0.15, -0.1) is 0 Å². The van der Waals surface area contributed by atoms with Gasteiger partial charge in [0, 0.05) is 24.0 Å². The van der Waals surface area contributed by atoms with Crippen LogP contribution in [0.1, 0.15) is 25.5 Å². The summed E-state index contributed by atoms with van der Waals surface area (Å²) in [6, 6.07) is 12.4. The number of aromatic nitrogens is 2. The molecule has 25 heavy (non-hydrogen) atoms. The van der Waals surface area contributed by atoms with Gasteiger partial charge in [-0.05, 0) is 60.9 Å². The second kappa shape index (κ2) is 6.37. The van der Waals surface area contributed by atoms with Gasteiger partial charge in [-0.25, -0.2) is 0 Å². The van der Waals surface area contributed by atoms with Crippen LogP contribution in [0.3, 0.4) is 0 Å². The van der Waals surface area contributed by atoms with Gasteiger partial charge in [-0.1, -0.05) is 17.7 Å². The number of fused-ring (bicyclic) bond motifs is 1. The van der Waals surface area contributed by atoms with Crippen LogP contribution >= 0.6 is 11.6 Å². The fourth-order valence-corrected chi connectivity index (χ4v) is 3.37. The average molecular weight is 354 g/mol. The molecule has 0 spiro atoms. The lowest BCUT2D eigenvalue weighted by Gasteiger charge is -2.36. The Morgan fingerprint density at radius 3 is 2.60 bits per heavy atom. The standard InChI is InChI=1S/C20H20ClN3O/c1-20(2)12-24-19(11-25-20)15-7-14(8-16(21)9-15)13-3-4-17-18(10-13)23-6-5-22-17/h3-10,19,24H,11-12H2,1-2H3. The first kappa shape index (κ1) is 16.5. The van der Waals surface area contributed by atoms with Gasteiger partial charge in [0.15, 0.2) is 0 Å². The number of ether oxygens (including phenoxy) is 1. The van der Waals surface area contributed by atoms with E-state index in [0.29, 0.717) is 6.61 Å². The largest absolute Gasteiger partial charge is 0.372 e. The minimum absolute atomic E-state index is 0.130. The highest BCUT2D eigenvalue weighted by molar-refractivity contribution is 6.31. The first-order valence-electron chi connectivity index (χ1n) is 8.39. The molecular weight excluding hydrogens is 334 g/mol. The molecule has 0 amide bonds. The number of hydrogen-bond acceptors (Lipinski definition) is 4. The number of halogens is 1. The predicted octanol–water partition coefficient (Wildman–Crippen LogP) is 4.39.